The number of nitrogens with zero attached hydrogens (tertiary/aromatic N) is 1. The van der Waals surface area contributed by atoms with Crippen LogP contribution in [-0.4, -0.2) is 10.9 Å². The van der Waals surface area contributed by atoms with Crippen molar-refractivity contribution >= 4 is 34.7 Å². The number of rotatable bonds is 4. The summed E-state index contributed by atoms with van der Waals surface area (Å²) < 4.78 is 0. The number of benzene rings is 1. The Balaban J connectivity index is 1.72. The summed E-state index contributed by atoms with van der Waals surface area (Å²) >= 11 is 6.28. The van der Waals surface area contributed by atoms with E-state index in [-0.39, 0.29) is 11.8 Å². The maximum atomic E-state index is 11.7. The molecule has 0 saturated heterocycles. The van der Waals surface area contributed by atoms with Gasteiger partial charge in [0.05, 0.1) is 22.6 Å². The molecule has 2 N–H and O–H groups in total. The van der Waals surface area contributed by atoms with Crippen LogP contribution < -0.4 is 10.6 Å². The van der Waals surface area contributed by atoms with Gasteiger partial charge in [0.1, 0.15) is 5.82 Å². The van der Waals surface area contributed by atoms with Crippen LogP contribution in [0.1, 0.15) is 24.0 Å². The lowest BCUT2D eigenvalue weighted by atomic mass is 10.1. The molecular formula is C17H18ClN3O. The monoisotopic (exact) mass is 315 g/mol. The van der Waals surface area contributed by atoms with Gasteiger partial charge in [-0.3, -0.25) is 4.79 Å². The number of anilines is 3. The third-order valence-corrected chi connectivity index (χ3v) is 3.96. The van der Waals surface area contributed by atoms with Crippen molar-refractivity contribution in [2.45, 2.75) is 26.7 Å². The van der Waals surface area contributed by atoms with Crippen LogP contribution in [0.25, 0.3) is 0 Å². The Kier molecular flexibility index (Phi) is 4.03. The maximum Gasteiger partial charge on any atom is 0.227 e. The highest BCUT2D eigenvalue weighted by Gasteiger charge is 2.29. The smallest absolute Gasteiger partial charge is 0.227 e. The molecule has 0 aliphatic heterocycles. The van der Waals surface area contributed by atoms with Crippen LogP contribution in [0.5, 0.6) is 0 Å². The van der Waals surface area contributed by atoms with Gasteiger partial charge in [0.2, 0.25) is 5.91 Å². The lowest BCUT2D eigenvalue weighted by Crippen LogP contribution is -2.13. The summed E-state index contributed by atoms with van der Waals surface area (Å²) in [5, 5.41) is 6.77. The van der Waals surface area contributed by atoms with Crippen molar-refractivity contribution in [3.8, 4) is 0 Å². The molecule has 1 heterocycles. The van der Waals surface area contributed by atoms with Gasteiger partial charge in [0.25, 0.3) is 0 Å². The first-order valence-corrected chi connectivity index (χ1v) is 7.71. The first kappa shape index (κ1) is 14.9. The minimum absolute atomic E-state index is 0.0833. The fraction of sp³-hybridized carbons (Fsp3) is 0.294. The van der Waals surface area contributed by atoms with Gasteiger partial charge in [-0.05, 0) is 56.0 Å². The number of hydrogen-bond donors (Lipinski definition) is 2. The number of hydrogen-bond acceptors (Lipinski definition) is 3. The van der Waals surface area contributed by atoms with Crippen LogP contribution in [0.4, 0.5) is 17.2 Å². The zero-order valence-corrected chi connectivity index (χ0v) is 13.4. The number of aromatic nitrogens is 1. The largest absolute Gasteiger partial charge is 0.339 e. The second kappa shape index (κ2) is 5.97. The van der Waals surface area contributed by atoms with Gasteiger partial charge in [-0.2, -0.15) is 0 Å². The van der Waals surface area contributed by atoms with Gasteiger partial charge >= 0.3 is 0 Å². The zero-order valence-electron chi connectivity index (χ0n) is 12.6. The first-order valence-electron chi connectivity index (χ1n) is 7.33. The zero-order chi connectivity index (χ0) is 15.7. The molecule has 1 aromatic heterocycles. The number of aryl methyl sites for hydroxylation is 2. The third-order valence-electron chi connectivity index (χ3n) is 3.66. The van der Waals surface area contributed by atoms with Gasteiger partial charge in [-0.25, -0.2) is 4.98 Å². The quantitative estimate of drug-likeness (QED) is 0.876. The summed E-state index contributed by atoms with van der Waals surface area (Å²) in [6.07, 6.45) is 3.63. The standard InChI is InChI=1S/C17H18ClN3O/c1-10-7-11(2)16(14(18)8-10)21-15-6-5-13(9-19-15)20-17(22)12-3-4-12/h5-9,12H,3-4H2,1-2H3,(H,19,21)(H,20,22). The van der Waals surface area contributed by atoms with E-state index in [4.69, 9.17) is 11.6 Å². The Morgan fingerprint density at radius 3 is 2.64 bits per heavy atom. The topological polar surface area (TPSA) is 54.0 Å². The SMILES string of the molecule is Cc1cc(C)c(Nc2ccc(NC(=O)C3CC3)cn2)c(Cl)c1. The van der Waals surface area contributed by atoms with Crippen LogP contribution >= 0.6 is 11.6 Å². The van der Waals surface area contributed by atoms with Gasteiger partial charge in [-0.1, -0.05) is 17.7 Å². The Morgan fingerprint density at radius 2 is 2.05 bits per heavy atom. The summed E-state index contributed by atoms with van der Waals surface area (Å²) in [4.78, 5) is 16.0. The summed E-state index contributed by atoms with van der Waals surface area (Å²) in [6, 6.07) is 7.66. The van der Waals surface area contributed by atoms with E-state index >= 15 is 0 Å². The summed E-state index contributed by atoms with van der Waals surface area (Å²) in [5.74, 6) is 0.963. The van der Waals surface area contributed by atoms with Crippen LogP contribution in [0.2, 0.25) is 5.02 Å². The van der Waals surface area contributed by atoms with Gasteiger partial charge < -0.3 is 10.6 Å². The minimum atomic E-state index is 0.0833. The van der Waals surface area contributed by atoms with E-state index in [0.717, 1.165) is 29.7 Å². The fourth-order valence-electron chi connectivity index (χ4n) is 2.33. The molecule has 0 bridgehead atoms. The molecule has 1 saturated carbocycles. The molecule has 114 valence electrons. The van der Waals surface area contributed by atoms with E-state index in [1.165, 1.54) is 0 Å². The number of halogens is 1. The highest BCUT2D eigenvalue weighted by Crippen LogP contribution is 2.31. The predicted molar refractivity (Wildman–Crippen MR) is 89.8 cm³/mol. The Hall–Kier alpha value is -2.07. The Morgan fingerprint density at radius 1 is 1.27 bits per heavy atom. The second-order valence-electron chi connectivity index (χ2n) is 5.76. The number of carbonyl (C=O) groups is 1. The summed E-state index contributed by atoms with van der Waals surface area (Å²) in [7, 11) is 0. The molecule has 0 atom stereocenters. The third kappa shape index (κ3) is 3.39. The van der Waals surface area contributed by atoms with Crippen LogP contribution in [0.15, 0.2) is 30.5 Å². The number of pyridine rings is 1. The average Bonchev–Trinajstić information content (AvgIpc) is 3.29. The normalized spacial score (nSPS) is 13.8. The molecule has 2 aromatic rings. The number of carbonyl (C=O) groups excluding carboxylic acids is 1. The predicted octanol–water partition coefficient (Wildman–Crippen LogP) is 4.44. The second-order valence-corrected chi connectivity index (χ2v) is 6.17. The Bertz CT molecular complexity index is 685. The molecule has 1 aromatic carbocycles. The molecule has 1 aliphatic rings. The van der Waals surface area contributed by atoms with Gasteiger partial charge in [0, 0.05) is 5.92 Å². The van der Waals surface area contributed by atoms with E-state index in [0.29, 0.717) is 16.5 Å². The summed E-state index contributed by atoms with van der Waals surface area (Å²) in [5.41, 5.74) is 3.76. The van der Waals surface area contributed by atoms with E-state index < -0.39 is 0 Å². The first-order chi connectivity index (χ1) is 10.5. The van der Waals surface area contributed by atoms with Gasteiger partial charge in [-0.15, -0.1) is 0 Å². The molecular weight excluding hydrogens is 298 g/mol. The number of nitrogens with one attached hydrogen (secondary N) is 2. The highest BCUT2D eigenvalue weighted by molar-refractivity contribution is 6.33. The molecule has 3 rings (SSSR count). The van der Waals surface area contributed by atoms with Crippen LogP contribution in [0, 0.1) is 19.8 Å². The van der Waals surface area contributed by atoms with E-state index in [1.807, 2.05) is 32.0 Å². The lowest BCUT2D eigenvalue weighted by Gasteiger charge is -2.12. The number of amides is 1. The molecule has 22 heavy (non-hydrogen) atoms. The van der Waals surface area contributed by atoms with E-state index in [1.54, 1.807) is 6.20 Å². The molecule has 0 radical (unpaired) electrons. The fourth-order valence-corrected chi connectivity index (χ4v) is 2.70. The van der Waals surface area contributed by atoms with Crippen molar-refractivity contribution in [2.24, 2.45) is 5.92 Å². The molecule has 1 fully saturated rings. The average molecular weight is 316 g/mol. The van der Waals surface area contributed by atoms with Crippen molar-refractivity contribution < 1.29 is 4.79 Å². The van der Waals surface area contributed by atoms with Crippen molar-refractivity contribution in [1.29, 1.82) is 0 Å². The van der Waals surface area contributed by atoms with Crippen molar-refractivity contribution in [3.05, 3.63) is 46.6 Å². The van der Waals surface area contributed by atoms with Crippen LogP contribution in [0.3, 0.4) is 0 Å². The van der Waals surface area contributed by atoms with Crippen molar-refractivity contribution in [1.82, 2.24) is 4.98 Å². The molecule has 4 nitrogen and oxygen atoms in total. The molecule has 1 aliphatic carbocycles. The van der Waals surface area contributed by atoms with Crippen LogP contribution in [-0.2, 0) is 4.79 Å². The minimum Gasteiger partial charge on any atom is -0.339 e. The maximum absolute atomic E-state index is 11.7. The molecule has 1 amide bonds. The van der Waals surface area contributed by atoms with Gasteiger partial charge in [0.15, 0.2) is 0 Å². The summed E-state index contributed by atoms with van der Waals surface area (Å²) in [6.45, 7) is 4.02. The molecule has 0 spiro atoms. The van der Waals surface area contributed by atoms with E-state index in [9.17, 15) is 4.79 Å². The lowest BCUT2D eigenvalue weighted by molar-refractivity contribution is -0.117. The Labute approximate surface area is 134 Å². The van der Waals surface area contributed by atoms with E-state index in [2.05, 4.69) is 21.7 Å². The van der Waals surface area contributed by atoms with Crippen molar-refractivity contribution in [2.75, 3.05) is 10.6 Å². The van der Waals surface area contributed by atoms with Crippen molar-refractivity contribution in [3.63, 3.8) is 0 Å². The molecule has 0 unspecified atom stereocenters. The highest BCUT2D eigenvalue weighted by atomic mass is 35.5. The molecule has 5 heteroatoms.